The lowest BCUT2D eigenvalue weighted by Gasteiger charge is -2.14. The molecule has 0 aliphatic heterocycles. The molecule has 0 spiro atoms. The topological polar surface area (TPSA) is 146 Å². The molecule has 0 aliphatic carbocycles. The molecule has 10 nitrogen and oxygen atoms in total. The van der Waals surface area contributed by atoms with Crippen molar-refractivity contribution < 1.29 is 23.8 Å². The minimum atomic E-state index is -4.22. The van der Waals surface area contributed by atoms with Crippen molar-refractivity contribution in [3.8, 4) is 0 Å². The van der Waals surface area contributed by atoms with Gasteiger partial charge in [-0.25, -0.2) is 15.0 Å². The molecule has 0 radical (unpaired) electrons. The summed E-state index contributed by atoms with van der Waals surface area (Å²) in [7, 11) is -4.22. The molecule has 0 aromatic carbocycles. The monoisotopic (exact) mass is 583 g/mol. The maximum Gasteiger partial charge on any atom is 0.350 e. The molecule has 0 amide bonds. The highest BCUT2D eigenvalue weighted by Crippen LogP contribution is 2.34. The second-order valence-corrected chi connectivity index (χ2v) is 12.6. The number of anilines is 1. The van der Waals surface area contributed by atoms with Crippen molar-refractivity contribution in [2.45, 2.75) is 136 Å². The number of nitrogen functional groups attached to an aromatic ring is 1. The molecule has 1 atom stereocenters. The Balaban J connectivity index is 1.50. The van der Waals surface area contributed by atoms with Crippen molar-refractivity contribution in [1.29, 1.82) is 0 Å². The number of imidazole rings is 1. The Hall–Kier alpha value is -1.58. The third-order valence-electron chi connectivity index (χ3n) is 7.13. The normalized spacial score (nSPS) is 12.9. The lowest BCUT2D eigenvalue weighted by atomic mass is 10.0. The van der Waals surface area contributed by atoms with E-state index in [-0.39, 0.29) is 0 Å². The summed E-state index contributed by atoms with van der Waals surface area (Å²) in [6.45, 7) is 5.61. The largest absolute Gasteiger partial charge is 0.382 e. The first kappa shape index (κ1) is 34.6. The Kier molecular flexibility index (Phi) is 17.6. The van der Waals surface area contributed by atoms with E-state index in [0.29, 0.717) is 42.4 Å². The first-order chi connectivity index (χ1) is 19.3. The predicted octanol–water partition coefficient (Wildman–Crippen LogP) is 6.77. The van der Waals surface area contributed by atoms with Crippen LogP contribution in [-0.4, -0.2) is 55.0 Å². The summed E-state index contributed by atoms with van der Waals surface area (Å²) in [5.74, 6) is 0.892. The van der Waals surface area contributed by atoms with Gasteiger partial charge in [-0.1, -0.05) is 103 Å². The molecule has 2 aromatic rings. The number of fused-ring (bicyclic) bond motifs is 1. The molecule has 4 N–H and O–H groups in total. The number of unbranched alkanes of at least 4 members (excludes halogenated alkanes) is 15. The maximum absolute atomic E-state index is 11.0. The second kappa shape index (κ2) is 20.3. The standard InChI is InChI=1S/C29H54N5O5P/c1-3-4-5-6-7-8-9-10-11-12-13-14-15-16-17-18-20-38-21-19-26-32-28(30)27-29(33-26)34(23-31-27)22-25(2)39-24-40(35,36)37/h23,25H,3-22,24H2,1-2H3,(H2,30,32,33)(H2,35,36,37). The average Bonchev–Trinajstić information content (AvgIpc) is 3.31. The van der Waals surface area contributed by atoms with Crippen LogP contribution >= 0.6 is 7.60 Å². The molecule has 2 aromatic heterocycles. The SMILES string of the molecule is CCCCCCCCCCCCCCCCCCOCCc1nc(N)c2ncn(CC(C)OCP(=O)(O)O)c2n1. The summed E-state index contributed by atoms with van der Waals surface area (Å²) in [6.07, 6.45) is 22.7. The highest BCUT2D eigenvalue weighted by Gasteiger charge is 2.17. The van der Waals surface area contributed by atoms with E-state index in [0.717, 1.165) is 13.0 Å². The number of nitrogens with two attached hydrogens (primary N) is 1. The van der Waals surface area contributed by atoms with E-state index in [4.69, 9.17) is 25.0 Å². The van der Waals surface area contributed by atoms with Gasteiger partial charge in [0.1, 0.15) is 17.7 Å². The third-order valence-corrected chi connectivity index (χ3v) is 7.62. The van der Waals surface area contributed by atoms with Crippen LogP contribution in [0.25, 0.3) is 11.2 Å². The minimum absolute atomic E-state index is 0.306. The maximum atomic E-state index is 11.0. The molecule has 230 valence electrons. The third kappa shape index (κ3) is 15.4. The van der Waals surface area contributed by atoms with Crippen molar-refractivity contribution in [1.82, 2.24) is 19.5 Å². The lowest BCUT2D eigenvalue weighted by molar-refractivity contribution is 0.0764. The fourth-order valence-electron chi connectivity index (χ4n) is 4.83. The van der Waals surface area contributed by atoms with Crippen molar-refractivity contribution >= 4 is 24.6 Å². The molecule has 0 fully saturated rings. The number of hydrogen-bond donors (Lipinski definition) is 3. The van der Waals surface area contributed by atoms with Gasteiger partial charge in [0.15, 0.2) is 11.5 Å². The fourth-order valence-corrected chi connectivity index (χ4v) is 5.28. The summed E-state index contributed by atoms with van der Waals surface area (Å²) in [5, 5.41) is 0. The Morgan fingerprint density at radius 3 is 1.98 bits per heavy atom. The molecule has 11 heteroatoms. The predicted molar refractivity (Wildman–Crippen MR) is 161 cm³/mol. The van der Waals surface area contributed by atoms with Crippen molar-refractivity contribution in [3.05, 3.63) is 12.2 Å². The van der Waals surface area contributed by atoms with Gasteiger partial charge in [0.25, 0.3) is 0 Å². The molecule has 1 unspecified atom stereocenters. The van der Waals surface area contributed by atoms with Gasteiger partial charge in [-0.3, -0.25) is 4.57 Å². The van der Waals surface area contributed by atoms with Crippen LogP contribution in [0.3, 0.4) is 0 Å². The Bertz CT molecular complexity index is 983. The highest BCUT2D eigenvalue weighted by atomic mass is 31.2. The Morgan fingerprint density at radius 2 is 1.43 bits per heavy atom. The number of ether oxygens (including phenoxy) is 2. The summed E-state index contributed by atoms with van der Waals surface area (Å²) < 4.78 is 23.9. The van der Waals surface area contributed by atoms with E-state index in [1.54, 1.807) is 17.8 Å². The van der Waals surface area contributed by atoms with Gasteiger partial charge in [-0.05, 0) is 13.3 Å². The van der Waals surface area contributed by atoms with Gasteiger partial charge in [0, 0.05) is 13.0 Å². The van der Waals surface area contributed by atoms with Crippen LogP contribution in [0.5, 0.6) is 0 Å². The van der Waals surface area contributed by atoms with Crippen molar-refractivity contribution in [3.63, 3.8) is 0 Å². The zero-order chi connectivity index (χ0) is 29.1. The smallest absolute Gasteiger partial charge is 0.350 e. The molecule has 0 saturated heterocycles. The minimum Gasteiger partial charge on any atom is -0.382 e. The molecule has 2 heterocycles. The number of hydrogen-bond acceptors (Lipinski definition) is 7. The number of nitrogens with zero attached hydrogens (tertiary/aromatic N) is 4. The van der Waals surface area contributed by atoms with Crippen LogP contribution in [0.15, 0.2) is 6.33 Å². The molecule has 40 heavy (non-hydrogen) atoms. The van der Waals surface area contributed by atoms with E-state index in [9.17, 15) is 4.57 Å². The first-order valence-corrected chi connectivity index (χ1v) is 17.3. The van der Waals surface area contributed by atoms with E-state index >= 15 is 0 Å². The van der Waals surface area contributed by atoms with Crippen molar-refractivity contribution in [2.75, 3.05) is 25.3 Å². The van der Waals surface area contributed by atoms with Gasteiger partial charge in [-0.2, -0.15) is 0 Å². The molecular formula is C29H54N5O5P. The van der Waals surface area contributed by atoms with Crippen LogP contribution in [-0.2, 0) is 27.0 Å². The van der Waals surface area contributed by atoms with Crippen LogP contribution in [0.1, 0.15) is 122 Å². The van der Waals surface area contributed by atoms with Gasteiger partial charge in [-0.15, -0.1) is 0 Å². The quantitative estimate of drug-likeness (QED) is 0.0851. The summed E-state index contributed by atoms with van der Waals surface area (Å²) in [4.78, 5) is 31.2. The average molecular weight is 584 g/mol. The Morgan fingerprint density at radius 1 is 0.875 bits per heavy atom. The fraction of sp³-hybridized carbons (Fsp3) is 0.828. The van der Waals surface area contributed by atoms with Crippen LogP contribution in [0.4, 0.5) is 5.82 Å². The van der Waals surface area contributed by atoms with Crippen molar-refractivity contribution in [2.24, 2.45) is 0 Å². The van der Waals surface area contributed by atoms with Crippen LogP contribution in [0, 0.1) is 0 Å². The number of aromatic nitrogens is 4. The van der Waals surface area contributed by atoms with Crippen LogP contribution in [0.2, 0.25) is 0 Å². The van der Waals surface area contributed by atoms with E-state index in [1.807, 2.05) is 0 Å². The van der Waals surface area contributed by atoms with Gasteiger partial charge in [0.05, 0.1) is 25.6 Å². The molecule has 0 aliphatic rings. The van der Waals surface area contributed by atoms with Gasteiger partial charge in [0.2, 0.25) is 0 Å². The zero-order valence-electron chi connectivity index (χ0n) is 24.9. The highest BCUT2D eigenvalue weighted by molar-refractivity contribution is 7.51. The van der Waals surface area contributed by atoms with Crippen LogP contribution < -0.4 is 5.73 Å². The van der Waals surface area contributed by atoms with Gasteiger partial charge < -0.3 is 29.6 Å². The van der Waals surface area contributed by atoms with E-state index in [1.165, 1.54) is 96.3 Å². The second-order valence-electron chi connectivity index (χ2n) is 11.0. The zero-order valence-corrected chi connectivity index (χ0v) is 25.8. The van der Waals surface area contributed by atoms with E-state index in [2.05, 4.69) is 21.9 Å². The molecule has 0 saturated carbocycles. The number of rotatable bonds is 25. The van der Waals surface area contributed by atoms with E-state index < -0.39 is 20.0 Å². The Labute approximate surface area is 241 Å². The summed E-state index contributed by atoms with van der Waals surface area (Å²) in [6, 6.07) is 0. The molecular weight excluding hydrogens is 529 g/mol. The molecule has 2 rings (SSSR count). The lowest BCUT2D eigenvalue weighted by Crippen LogP contribution is -2.17. The molecule has 0 bridgehead atoms. The van der Waals surface area contributed by atoms with Gasteiger partial charge >= 0.3 is 7.60 Å². The summed E-state index contributed by atoms with van der Waals surface area (Å²) in [5.41, 5.74) is 7.17. The first-order valence-electron chi connectivity index (χ1n) is 15.5. The summed E-state index contributed by atoms with van der Waals surface area (Å²) >= 11 is 0.